The van der Waals surface area contributed by atoms with Gasteiger partial charge in [-0.2, -0.15) is 0 Å². The zero-order valence-corrected chi connectivity index (χ0v) is 20.3. The van der Waals surface area contributed by atoms with Crippen molar-refractivity contribution in [1.29, 1.82) is 0 Å². The highest BCUT2D eigenvalue weighted by Gasteiger charge is 2.27. The molecule has 1 atom stereocenters. The number of nitrogens with one attached hydrogen (secondary N) is 1. The van der Waals surface area contributed by atoms with Crippen LogP contribution < -0.4 is 10.1 Å². The van der Waals surface area contributed by atoms with Crippen LogP contribution in [0.1, 0.15) is 31.4 Å². The summed E-state index contributed by atoms with van der Waals surface area (Å²) in [5.74, 6) is 0.184. The van der Waals surface area contributed by atoms with Gasteiger partial charge in [-0.3, -0.25) is 9.59 Å². The molecule has 0 fully saturated rings. The molecule has 0 spiro atoms. The van der Waals surface area contributed by atoms with E-state index >= 15 is 0 Å². The van der Waals surface area contributed by atoms with E-state index in [9.17, 15) is 9.59 Å². The summed E-state index contributed by atoms with van der Waals surface area (Å²) in [5, 5.41) is 4.99. The van der Waals surface area contributed by atoms with Crippen molar-refractivity contribution in [3.63, 3.8) is 0 Å². The lowest BCUT2D eigenvalue weighted by Gasteiger charge is -2.29. The summed E-state index contributed by atoms with van der Waals surface area (Å²) in [7, 11) is 0. The topological polar surface area (TPSA) is 58.6 Å². The van der Waals surface area contributed by atoms with Gasteiger partial charge in [0.25, 0.3) is 5.91 Å². The van der Waals surface area contributed by atoms with E-state index in [1.54, 1.807) is 11.8 Å². The predicted octanol–water partition coefficient (Wildman–Crippen LogP) is 5.23. The van der Waals surface area contributed by atoms with E-state index in [1.165, 1.54) is 0 Å². The molecule has 32 heavy (non-hydrogen) atoms. The number of nitrogens with zero attached hydrogens (tertiary/aromatic N) is 1. The van der Waals surface area contributed by atoms with Gasteiger partial charge in [0.2, 0.25) is 5.91 Å². The summed E-state index contributed by atoms with van der Waals surface area (Å²) in [5.41, 5.74) is 2.08. The lowest BCUT2D eigenvalue weighted by Crippen LogP contribution is -2.49. The maximum atomic E-state index is 13.2. The van der Waals surface area contributed by atoms with E-state index in [0.29, 0.717) is 18.8 Å². The van der Waals surface area contributed by atoms with Crippen LogP contribution in [-0.2, 0) is 16.1 Å². The Morgan fingerprint density at radius 1 is 1.06 bits per heavy atom. The van der Waals surface area contributed by atoms with Gasteiger partial charge in [-0.1, -0.05) is 61.5 Å². The molecule has 0 bridgehead atoms. The molecule has 0 unspecified atom stereocenters. The van der Waals surface area contributed by atoms with Crippen LogP contribution in [0.4, 0.5) is 0 Å². The summed E-state index contributed by atoms with van der Waals surface area (Å²) in [6.07, 6.45) is 0.837. The number of carbonyl (C=O) groups excluding carboxylic acids is 2. The second-order valence-electron chi connectivity index (χ2n) is 7.80. The molecule has 2 amide bonds. The van der Waals surface area contributed by atoms with Crippen molar-refractivity contribution in [2.24, 2.45) is 0 Å². The highest BCUT2D eigenvalue weighted by Crippen LogP contribution is 2.33. The number of halogens is 1. The van der Waals surface area contributed by atoms with Gasteiger partial charge in [0, 0.05) is 13.1 Å². The molecule has 0 heterocycles. The van der Waals surface area contributed by atoms with Crippen molar-refractivity contribution in [2.45, 2.75) is 39.8 Å². The van der Waals surface area contributed by atoms with Gasteiger partial charge in [-0.05, 0) is 64.2 Å². The molecule has 6 heteroatoms. The number of hydrogen-bond acceptors (Lipinski definition) is 3. The summed E-state index contributed by atoms with van der Waals surface area (Å²) in [6.45, 7) is 6.52. The number of carbonyl (C=O) groups is 2. The Hall–Kier alpha value is -2.86. The Morgan fingerprint density at radius 2 is 1.78 bits per heavy atom. The quantitative estimate of drug-likeness (QED) is 0.440. The summed E-state index contributed by atoms with van der Waals surface area (Å²) < 4.78 is 6.70. The molecule has 3 rings (SSSR count). The predicted molar refractivity (Wildman–Crippen MR) is 132 cm³/mol. The zero-order valence-electron chi connectivity index (χ0n) is 18.7. The Bertz CT molecular complexity index is 1100. The molecule has 3 aromatic carbocycles. The van der Waals surface area contributed by atoms with E-state index in [2.05, 4.69) is 21.2 Å². The number of benzene rings is 3. The maximum Gasteiger partial charge on any atom is 0.261 e. The highest BCUT2D eigenvalue weighted by atomic mass is 79.9. The van der Waals surface area contributed by atoms with Crippen LogP contribution in [0.3, 0.4) is 0 Å². The third kappa shape index (κ3) is 5.68. The summed E-state index contributed by atoms with van der Waals surface area (Å²) in [4.78, 5) is 27.5. The van der Waals surface area contributed by atoms with Gasteiger partial charge in [0.1, 0.15) is 11.8 Å². The smallest absolute Gasteiger partial charge is 0.261 e. The Kier molecular flexibility index (Phi) is 8.28. The Balaban J connectivity index is 1.79. The van der Waals surface area contributed by atoms with Gasteiger partial charge in [0.15, 0.2) is 6.61 Å². The molecule has 0 saturated carbocycles. The third-order valence-electron chi connectivity index (χ3n) is 5.50. The van der Waals surface area contributed by atoms with Crippen LogP contribution in [-0.4, -0.2) is 35.9 Å². The maximum absolute atomic E-state index is 13.2. The van der Waals surface area contributed by atoms with E-state index < -0.39 is 6.04 Å². The first-order valence-electron chi connectivity index (χ1n) is 10.8. The molecule has 5 nitrogen and oxygen atoms in total. The average Bonchev–Trinajstić information content (AvgIpc) is 2.81. The first-order chi connectivity index (χ1) is 15.4. The molecule has 0 saturated heterocycles. The normalized spacial score (nSPS) is 11.8. The summed E-state index contributed by atoms with van der Waals surface area (Å²) >= 11 is 3.60. The average molecular weight is 497 g/mol. The SMILES string of the molecule is CCCNC(=O)[C@H](C)N(Cc1ccccc1C)C(=O)COc1ccc2ccccc2c1Br. The van der Waals surface area contributed by atoms with Crippen LogP contribution in [0.25, 0.3) is 10.8 Å². The minimum absolute atomic E-state index is 0.159. The molecule has 0 aliphatic heterocycles. The fourth-order valence-corrected chi connectivity index (χ4v) is 4.10. The largest absolute Gasteiger partial charge is 0.483 e. The molecule has 168 valence electrons. The minimum atomic E-state index is -0.614. The van der Waals surface area contributed by atoms with Crippen molar-refractivity contribution in [1.82, 2.24) is 10.2 Å². The molecule has 0 aliphatic rings. The van der Waals surface area contributed by atoms with E-state index in [0.717, 1.165) is 32.8 Å². The number of hydrogen-bond donors (Lipinski definition) is 1. The molecular weight excluding hydrogens is 468 g/mol. The van der Waals surface area contributed by atoms with Gasteiger partial charge < -0.3 is 15.0 Å². The fourth-order valence-electron chi connectivity index (χ4n) is 3.50. The number of rotatable bonds is 9. The third-order valence-corrected chi connectivity index (χ3v) is 6.32. The Morgan fingerprint density at radius 3 is 2.53 bits per heavy atom. The van der Waals surface area contributed by atoms with Crippen LogP contribution in [0.5, 0.6) is 5.75 Å². The number of ether oxygens (including phenoxy) is 1. The molecule has 0 aromatic heterocycles. The van der Waals surface area contributed by atoms with Crippen molar-refractivity contribution in [3.8, 4) is 5.75 Å². The Labute approximate surface area is 197 Å². The van der Waals surface area contributed by atoms with E-state index in [4.69, 9.17) is 4.74 Å². The highest BCUT2D eigenvalue weighted by molar-refractivity contribution is 9.10. The van der Waals surface area contributed by atoms with Crippen LogP contribution in [0.15, 0.2) is 65.1 Å². The first kappa shape index (κ1) is 23.8. The first-order valence-corrected chi connectivity index (χ1v) is 11.6. The van der Waals surface area contributed by atoms with Gasteiger partial charge >= 0.3 is 0 Å². The number of amides is 2. The number of aryl methyl sites for hydroxylation is 1. The zero-order chi connectivity index (χ0) is 23.1. The molecule has 3 aromatic rings. The summed E-state index contributed by atoms with van der Waals surface area (Å²) in [6, 6.07) is 19.0. The van der Waals surface area contributed by atoms with Crippen LogP contribution >= 0.6 is 15.9 Å². The lowest BCUT2D eigenvalue weighted by molar-refractivity contribution is -0.142. The molecular formula is C26H29BrN2O3. The second kappa shape index (κ2) is 11.1. The molecule has 0 radical (unpaired) electrons. The van der Waals surface area contributed by atoms with Crippen molar-refractivity contribution in [2.75, 3.05) is 13.2 Å². The van der Waals surface area contributed by atoms with Gasteiger partial charge in [-0.15, -0.1) is 0 Å². The van der Waals surface area contributed by atoms with Crippen molar-refractivity contribution < 1.29 is 14.3 Å². The molecule has 0 aliphatic carbocycles. The fraction of sp³-hybridized carbons (Fsp3) is 0.308. The van der Waals surface area contributed by atoms with Crippen LogP contribution in [0.2, 0.25) is 0 Å². The van der Waals surface area contributed by atoms with Crippen molar-refractivity contribution >= 4 is 38.5 Å². The molecule has 1 N–H and O–H groups in total. The lowest BCUT2D eigenvalue weighted by atomic mass is 10.1. The second-order valence-corrected chi connectivity index (χ2v) is 8.60. The van der Waals surface area contributed by atoms with Gasteiger partial charge in [-0.25, -0.2) is 0 Å². The van der Waals surface area contributed by atoms with Gasteiger partial charge in [0.05, 0.1) is 4.47 Å². The van der Waals surface area contributed by atoms with Crippen molar-refractivity contribution in [3.05, 3.63) is 76.3 Å². The van der Waals surface area contributed by atoms with E-state index in [-0.39, 0.29) is 18.4 Å². The van der Waals surface area contributed by atoms with E-state index in [1.807, 2.05) is 74.5 Å². The van der Waals surface area contributed by atoms with Crippen LogP contribution in [0, 0.1) is 6.92 Å². The number of fused-ring (bicyclic) bond motifs is 1. The monoisotopic (exact) mass is 496 g/mol. The minimum Gasteiger partial charge on any atom is -0.483 e. The standard InChI is InChI=1S/C26H29BrN2O3/c1-4-15-28-26(31)19(3)29(16-21-11-6-5-9-18(21)2)24(30)17-32-23-14-13-20-10-7-8-12-22(20)25(23)27/h5-14,19H,4,15-17H2,1-3H3,(H,28,31)/t19-/m0/s1.